The summed E-state index contributed by atoms with van der Waals surface area (Å²) in [5.41, 5.74) is 0.370. The average molecular weight is 291 g/mol. The summed E-state index contributed by atoms with van der Waals surface area (Å²) in [6.45, 7) is 9.38. The van der Waals surface area contributed by atoms with Crippen LogP contribution in [0.5, 0.6) is 0 Å². The van der Waals surface area contributed by atoms with E-state index >= 15 is 0 Å². The third kappa shape index (κ3) is 5.64. The van der Waals surface area contributed by atoms with Gasteiger partial charge in [-0.1, -0.05) is 11.2 Å². The zero-order chi connectivity index (χ0) is 15.9. The maximum Gasteiger partial charge on any atom is 0.410 e. The minimum Gasteiger partial charge on any atom is -0.444 e. The summed E-state index contributed by atoms with van der Waals surface area (Å²) in [6.07, 6.45) is 4.28. The van der Waals surface area contributed by atoms with E-state index in [9.17, 15) is 4.79 Å². The highest BCUT2D eigenvalue weighted by atomic mass is 16.6. The van der Waals surface area contributed by atoms with Crippen molar-refractivity contribution in [2.24, 2.45) is 5.16 Å². The van der Waals surface area contributed by atoms with Gasteiger partial charge in [0.05, 0.1) is 6.54 Å². The molecular weight excluding hydrogens is 270 g/mol. The molecular formula is C15H21N3O3. The lowest BCUT2D eigenvalue weighted by Gasteiger charge is -2.26. The zero-order valence-corrected chi connectivity index (χ0v) is 12.6. The van der Waals surface area contributed by atoms with Gasteiger partial charge >= 0.3 is 6.09 Å². The first-order valence-corrected chi connectivity index (χ1v) is 6.57. The fraction of sp³-hybridized carbons (Fsp3) is 0.400. The predicted octanol–water partition coefficient (Wildman–Crippen LogP) is 2.68. The van der Waals surface area contributed by atoms with Crippen LogP contribution in [0.2, 0.25) is 0 Å². The Morgan fingerprint density at radius 1 is 1.57 bits per heavy atom. The number of carbonyl (C=O) groups is 1. The third-order valence-electron chi connectivity index (χ3n) is 2.46. The minimum atomic E-state index is -0.596. The Balaban J connectivity index is 2.87. The fourth-order valence-corrected chi connectivity index (χ4v) is 1.58. The normalized spacial score (nSPS) is 11.9. The molecule has 0 unspecified atom stereocenters. The van der Waals surface area contributed by atoms with Gasteiger partial charge < -0.3 is 9.94 Å². The predicted molar refractivity (Wildman–Crippen MR) is 80.6 cm³/mol. The molecule has 1 amide bonds. The molecule has 0 aliphatic heterocycles. The van der Waals surface area contributed by atoms with Crippen molar-refractivity contribution in [3.63, 3.8) is 0 Å². The number of amides is 1. The van der Waals surface area contributed by atoms with Crippen molar-refractivity contribution in [1.82, 2.24) is 9.88 Å². The van der Waals surface area contributed by atoms with Crippen LogP contribution in [-0.4, -0.2) is 45.6 Å². The van der Waals surface area contributed by atoms with Crippen LogP contribution in [0.3, 0.4) is 0 Å². The Hall–Kier alpha value is -2.37. The molecule has 0 aliphatic rings. The molecule has 6 heteroatoms. The first-order valence-electron chi connectivity index (χ1n) is 6.57. The highest BCUT2D eigenvalue weighted by molar-refractivity contribution is 6.02. The minimum absolute atomic E-state index is 0.100. The molecule has 1 aromatic rings. The Bertz CT molecular complexity index is 507. The van der Waals surface area contributed by atoms with E-state index in [1.807, 2.05) is 0 Å². The van der Waals surface area contributed by atoms with Crippen LogP contribution < -0.4 is 0 Å². The first kappa shape index (κ1) is 16.7. The summed E-state index contributed by atoms with van der Waals surface area (Å²) in [5, 5.41) is 12.4. The maximum absolute atomic E-state index is 12.1. The number of oxime groups is 1. The van der Waals surface area contributed by atoms with Gasteiger partial charge in [0.1, 0.15) is 11.3 Å². The first-order chi connectivity index (χ1) is 9.87. The van der Waals surface area contributed by atoms with Crippen LogP contribution in [0.4, 0.5) is 4.79 Å². The van der Waals surface area contributed by atoms with Crippen molar-refractivity contribution in [3.05, 3.63) is 42.7 Å². The molecule has 0 aliphatic carbocycles. The summed E-state index contributed by atoms with van der Waals surface area (Å²) in [6, 6.07) is 3.48. The van der Waals surface area contributed by atoms with Crippen molar-refractivity contribution < 1.29 is 14.7 Å². The fourth-order valence-electron chi connectivity index (χ4n) is 1.58. The van der Waals surface area contributed by atoms with E-state index in [4.69, 9.17) is 9.94 Å². The molecule has 6 nitrogen and oxygen atoms in total. The molecule has 114 valence electrons. The Morgan fingerprint density at radius 2 is 2.29 bits per heavy atom. The molecule has 0 aromatic carbocycles. The summed E-state index contributed by atoms with van der Waals surface area (Å²) in [5.74, 6) is 0. The summed E-state index contributed by atoms with van der Waals surface area (Å²) in [7, 11) is 0. The zero-order valence-electron chi connectivity index (χ0n) is 12.6. The number of hydrogen-bond donors (Lipinski definition) is 1. The van der Waals surface area contributed by atoms with Gasteiger partial charge in [-0.05, 0) is 32.9 Å². The Labute approximate surface area is 124 Å². The van der Waals surface area contributed by atoms with Crippen molar-refractivity contribution in [3.8, 4) is 0 Å². The van der Waals surface area contributed by atoms with Gasteiger partial charge in [-0.25, -0.2) is 4.79 Å². The molecule has 0 radical (unpaired) electrons. The summed E-state index contributed by atoms with van der Waals surface area (Å²) in [4.78, 5) is 17.5. The quantitative estimate of drug-likeness (QED) is 0.392. The standard InChI is InChI=1S/C15H21N3O3/c1-5-9-18(14(19)21-15(2,3)4)11-13(17-20)12-7-6-8-16-10-12/h5-8,10,20H,1,9,11H2,2-4H3/b17-13-. The van der Waals surface area contributed by atoms with Crippen molar-refractivity contribution >= 4 is 11.8 Å². The molecule has 21 heavy (non-hydrogen) atoms. The number of hydrogen-bond acceptors (Lipinski definition) is 5. The molecule has 0 fully saturated rings. The van der Waals surface area contributed by atoms with Gasteiger partial charge in [0.25, 0.3) is 0 Å². The van der Waals surface area contributed by atoms with Gasteiger partial charge in [0, 0.05) is 24.5 Å². The van der Waals surface area contributed by atoms with Gasteiger partial charge in [0.2, 0.25) is 0 Å². The Morgan fingerprint density at radius 3 is 2.76 bits per heavy atom. The SMILES string of the molecule is C=CCN(C/C(=N/O)c1cccnc1)C(=O)OC(C)(C)C. The van der Waals surface area contributed by atoms with Crippen molar-refractivity contribution in [1.29, 1.82) is 0 Å². The van der Waals surface area contributed by atoms with Gasteiger partial charge in [0.15, 0.2) is 0 Å². The smallest absolute Gasteiger partial charge is 0.410 e. The molecule has 0 bridgehead atoms. The van der Waals surface area contributed by atoms with E-state index in [0.29, 0.717) is 11.3 Å². The second-order valence-electron chi connectivity index (χ2n) is 5.44. The van der Waals surface area contributed by atoms with E-state index in [0.717, 1.165) is 0 Å². The number of ether oxygens (including phenoxy) is 1. The molecule has 1 aromatic heterocycles. The summed E-state index contributed by atoms with van der Waals surface area (Å²) < 4.78 is 5.32. The molecule has 1 N–H and O–H groups in total. The Kier molecular flexibility index (Phi) is 5.90. The van der Waals surface area contributed by atoms with Crippen LogP contribution in [0.1, 0.15) is 26.3 Å². The lowest BCUT2D eigenvalue weighted by Crippen LogP contribution is -2.40. The summed E-state index contributed by atoms with van der Waals surface area (Å²) >= 11 is 0. The van der Waals surface area contributed by atoms with Crippen molar-refractivity contribution in [2.45, 2.75) is 26.4 Å². The molecule has 0 saturated carbocycles. The third-order valence-corrected chi connectivity index (χ3v) is 2.46. The number of nitrogens with zero attached hydrogens (tertiary/aromatic N) is 3. The van der Waals surface area contributed by atoms with Crippen molar-refractivity contribution in [2.75, 3.05) is 13.1 Å². The highest BCUT2D eigenvalue weighted by Gasteiger charge is 2.23. The molecule has 1 heterocycles. The number of aromatic nitrogens is 1. The molecule has 0 saturated heterocycles. The number of carbonyl (C=O) groups excluding carboxylic acids is 1. The van der Waals surface area contributed by atoms with Gasteiger partial charge in [-0.2, -0.15) is 0 Å². The lowest BCUT2D eigenvalue weighted by molar-refractivity contribution is 0.0298. The van der Waals surface area contributed by atoms with Crippen LogP contribution in [0.25, 0.3) is 0 Å². The largest absolute Gasteiger partial charge is 0.444 e. The topological polar surface area (TPSA) is 75.0 Å². The maximum atomic E-state index is 12.1. The lowest BCUT2D eigenvalue weighted by atomic mass is 10.1. The van der Waals surface area contributed by atoms with E-state index in [1.54, 1.807) is 51.4 Å². The second-order valence-corrected chi connectivity index (χ2v) is 5.44. The molecule has 1 rings (SSSR count). The van der Waals surface area contributed by atoms with Crippen LogP contribution in [-0.2, 0) is 4.74 Å². The van der Waals surface area contributed by atoms with Gasteiger partial charge in [-0.15, -0.1) is 6.58 Å². The monoisotopic (exact) mass is 291 g/mol. The van der Waals surface area contributed by atoms with Crippen LogP contribution in [0.15, 0.2) is 42.3 Å². The highest BCUT2D eigenvalue weighted by Crippen LogP contribution is 2.11. The van der Waals surface area contributed by atoms with Gasteiger partial charge in [-0.3, -0.25) is 9.88 Å². The second kappa shape index (κ2) is 7.42. The molecule has 0 spiro atoms. The average Bonchev–Trinajstić information content (AvgIpc) is 2.42. The van der Waals surface area contributed by atoms with E-state index in [1.165, 1.54) is 4.90 Å². The number of pyridine rings is 1. The van der Waals surface area contributed by atoms with E-state index < -0.39 is 11.7 Å². The number of rotatable bonds is 5. The van der Waals surface area contributed by atoms with E-state index in [2.05, 4.69) is 16.7 Å². The van der Waals surface area contributed by atoms with E-state index in [-0.39, 0.29) is 13.1 Å². The molecule has 0 atom stereocenters. The van der Waals surface area contributed by atoms with Crippen LogP contribution >= 0.6 is 0 Å². The van der Waals surface area contributed by atoms with Crippen LogP contribution in [0, 0.1) is 0 Å².